The minimum absolute atomic E-state index is 0.151. The molecule has 1 aromatic heterocycles. The van der Waals surface area contributed by atoms with E-state index in [1.165, 1.54) is 42.6 Å². The summed E-state index contributed by atoms with van der Waals surface area (Å²) in [7, 11) is -4.50. The maximum absolute atomic E-state index is 13.5. The van der Waals surface area contributed by atoms with Gasteiger partial charge in [-0.25, -0.2) is 18.2 Å². The fourth-order valence-electron chi connectivity index (χ4n) is 4.10. The van der Waals surface area contributed by atoms with E-state index in [1.807, 2.05) is 24.5 Å². The van der Waals surface area contributed by atoms with E-state index < -0.39 is 38.0 Å². The number of nitro benzene ring substituents is 1. The first-order chi connectivity index (χ1) is 18.6. The van der Waals surface area contributed by atoms with Crippen LogP contribution in [0.1, 0.15) is 17.0 Å². The van der Waals surface area contributed by atoms with Crippen molar-refractivity contribution in [2.75, 3.05) is 10.8 Å². The van der Waals surface area contributed by atoms with Crippen LogP contribution in [0.3, 0.4) is 0 Å². The molecule has 39 heavy (non-hydrogen) atoms. The van der Waals surface area contributed by atoms with E-state index in [0.29, 0.717) is 5.56 Å². The van der Waals surface area contributed by atoms with Crippen LogP contribution in [0.4, 0.5) is 15.8 Å². The normalized spacial score (nSPS) is 11.5. The van der Waals surface area contributed by atoms with E-state index in [9.17, 15) is 27.7 Å². The lowest BCUT2D eigenvalue weighted by Crippen LogP contribution is -2.39. The first kappa shape index (κ1) is 27.2. The van der Waals surface area contributed by atoms with Gasteiger partial charge in [-0.3, -0.25) is 19.2 Å². The number of aromatic nitrogens is 1. The van der Waals surface area contributed by atoms with Crippen LogP contribution in [-0.2, 0) is 14.8 Å². The van der Waals surface area contributed by atoms with Gasteiger partial charge in [-0.15, -0.1) is 0 Å². The van der Waals surface area contributed by atoms with Crippen LogP contribution in [0.15, 0.2) is 94.9 Å². The number of carbonyl (C=O) groups excluding carboxylic acids is 1. The molecule has 10 nitrogen and oxygen atoms in total. The highest BCUT2D eigenvalue weighted by Gasteiger charge is 2.33. The first-order valence-corrected chi connectivity index (χ1v) is 13.1. The summed E-state index contributed by atoms with van der Waals surface area (Å²) < 4.78 is 43.0. The molecule has 200 valence electrons. The number of rotatable bonds is 9. The molecule has 0 saturated heterocycles. The molecule has 0 aliphatic carbocycles. The van der Waals surface area contributed by atoms with Crippen molar-refractivity contribution in [1.82, 2.24) is 9.99 Å². The number of para-hydroxylation sites is 2. The quantitative estimate of drug-likeness (QED) is 0.187. The van der Waals surface area contributed by atoms with Gasteiger partial charge in [0.2, 0.25) is 0 Å². The fourth-order valence-corrected chi connectivity index (χ4v) is 5.68. The summed E-state index contributed by atoms with van der Waals surface area (Å²) in [6.07, 6.45) is 1.42. The number of nitrogens with one attached hydrogen (secondary N) is 1. The molecular formula is C27H24FN5O5S. The van der Waals surface area contributed by atoms with Crippen molar-refractivity contribution < 1.29 is 22.5 Å². The van der Waals surface area contributed by atoms with Crippen LogP contribution in [0.5, 0.6) is 0 Å². The summed E-state index contributed by atoms with van der Waals surface area (Å²) in [4.78, 5) is 23.0. The van der Waals surface area contributed by atoms with Crippen molar-refractivity contribution in [3.8, 4) is 5.69 Å². The Bertz CT molecular complexity index is 1650. The van der Waals surface area contributed by atoms with Crippen LogP contribution >= 0.6 is 0 Å². The lowest BCUT2D eigenvalue weighted by molar-refractivity contribution is -0.387. The second-order valence-corrected chi connectivity index (χ2v) is 10.3. The van der Waals surface area contributed by atoms with Gasteiger partial charge in [-0.1, -0.05) is 30.3 Å². The molecule has 4 aromatic rings. The summed E-state index contributed by atoms with van der Waals surface area (Å²) in [5.74, 6) is -1.11. The van der Waals surface area contributed by atoms with Crippen molar-refractivity contribution in [1.29, 1.82) is 0 Å². The van der Waals surface area contributed by atoms with Crippen molar-refractivity contribution in [3.63, 3.8) is 0 Å². The Balaban J connectivity index is 1.57. The van der Waals surface area contributed by atoms with Crippen molar-refractivity contribution >= 4 is 33.5 Å². The Morgan fingerprint density at radius 3 is 2.36 bits per heavy atom. The van der Waals surface area contributed by atoms with Crippen molar-refractivity contribution in [2.24, 2.45) is 5.10 Å². The summed E-state index contributed by atoms with van der Waals surface area (Å²) in [5, 5.41) is 15.5. The Labute approximate surface area is 224 Å². The third-order valence-corrected chi connectivity index (χ3v) is 7.73. The number of aryl methyl sites for hydroxylation is 1. The smallest absolute Gasteiger partial charge is 0.289 e. The zero-order valence-electron chi connectivity index (χ0n) is 21.0. The molecule has 1 amide bonds. The average Bonchev–Trinajstić information content (AvgIpc) is 3.20. The molecule has 0 aliphatic heterocycles. The monoisotopic (exact) mass is 549 g/mol. The summed E-state index contributed by atoms with van der Waals surface area (Å²) in [6, 6.07) is 20.6. The zero-order valence-corrected chi connectivity index (χ0v) is 21.8. The molecule has 0 radical (unpaired) electrons. The van der Waals surface area contributed by atoms with E-state index in [1.54, 1.807) is 30.3 Å². The van der Waals surface area contributed by atoms with Crippen molar-refractivity contribution in [2.45, 2.75) is 18.7 Å². The summed E-state index contributed by atoms with van der Waals surface area (Å²) in [6.45, 7) is 3.04. The minimum atomic E-state index is -4.50. The zero-order chi connectivity index (χ0) is 28.2. The number of hydrogen-bond donors (Lipinski definition) is 1. The molecular weight excluding hydrogens is 525 g/mol. The summed E-state index contributed by atoms with van der Waals surface area (Å²) >= 11 is 0. The van der Waals surface area contributed by atoms with Gasteiger partial charge in [-0.2, -0.15) is 5.10 Å². The van der Waals surface area contributed by atoms with Gasteiger partial charge in [-0.05, 0) is 62.4 Å². The first-order valence-electron chi connectivity index (χ1n) is 11.7. The van der Waals surface area contributed by atoms with Gasteiger partial charge in [0.25, 0.3) is 21.6 Å². The van der Waals surface area contributed by atoms with Gasteiger partial charge in [0.05, 0.1) is 16.8 Å². The lowest BCUT2D eigenvalue weighted by atomic mass is 10.2. The Hall–Kier alpha value is -4.84. The number of sulfonamides is 1. The van der Waals surface area contributed by atoms with E-state index in [4.69, 9.17) is 0 Å². The number of hydrogen-bond acceptors (Lipinski definition) is 6. The van der Waals surface area contributed by atoms with Gasteiger partial charge in [0.1, 0.15) is 12.4 Å². The average molecular weight is 550 g/mol. The maximum Gasteiger partial charge on any atom is 0.289 e. The van der Waals surface area contributed by atoms with Crippen LogP contribution in [0.25, 0.3) is 5.69 Å². The molecule has 0 fully saturated rings. The van der Waals surface area contributed by atoms with Crippen LogP contribution in [0, 0.1) is 29.8 Å². The molecule has 0 bridgehead atoms. The minimum Gasteiger partial charge on any atom is -0.318 e. The molecule has 3 aromatic carbocycles. The molecule has 1 N–H and O–H groups in total. The highest BCUT2D eigenvalue weighted by Crippen LogP contribution is 2.29. The predicted molar refractivity (Wildman–Crippen MR) is 145 cm³/mol. The number of benzene rings is 3. The van der Waals surface area contributed by atoms with Gasteiger partial charge >= 0.3 is 0 Å². The molecule has 0 aliphatic rings. The molecule has 0 unspecified atom stereocenters. The maximum atomic E-state index is 13.5. The number of hydrazone groups is 1. The van der Waals surface area contributed by atoms with Crippen LogP contribution < -0.4 is 9.73 Å². The van der Waals surface area contributed by atoms with Crippen molar-refractivity contribution in [3.05, 3.63) is 118 Å². The Kier molecular flexibility index (Phi) is 7.86. The summed E-state index contributed by atoms with van der Waals surface area (Å²) in [5.41, 5.74) is 4.97. The predicted octanol–water partition coefficient (Wildman–Crippen LogP) is 4.49. The Morgan fingerprint density at radius 2 is 1.69 bits per heavy atom. The molecule has 0 saturated carbocycles. The molecule has 0 atom stereocenters. The van der Waals surface area contributed by atoms with Gasteiger partial charge in [0, 0.05) is 28.7 Å². The number of nitro groups is 1. The number of anilines is 1. The standard InChI is InChI=1S/C27H24FN5O5S/c1-19-16-21(20(2)32(19)24-14-12-22(28)13-15-24)17-29-30-27(34)18-31(23-8-4-3-5-9-23)39(37,38)26-11-7-6-10-25(26)33(35)36/h3-17H,18H2,1-2H3,(H,30,34)/b29-17+. The highest BCUT2D eigenvalue weighted by atomic mass is 32.2. The van der Waals surface area contributed by atoms with Crippen LogP contribution in [-0.4, -0.2) is 36.6 Å². The molecule has 0 spiro atoms. The fraction of sp³-hybridized carbons (Fsp3) is 0.111. The SMILES string of the molecule is Cc1cc(/C=N/NC(=O)CN(c2ccccc2)S(=O)(=O)c2ccccc2[N+](=O)[O-])c(C)n1-c1ccc(F)cc1. The molecule has 1 heterocycles. The second kappa shape index (κ2) is 11.3. The lowest BCUT2D eigenvalue weighted by Gasteiger charge is -2.23. The molecule has 4 rings (SSSR count). The van der Waals surface area contributed by atoms with Crippen LogP contribution in [0.2, 0.25) is 0 Å². The Morgan fingerprint density at radius 1 is 1.05 bits per heavy atom. The highest BCUT2D eigenvalue weighted by molar-refractivity contribution is 7.93. The number of halogens is 1. The van der Waals surface area contributed by atoms with E-state index in [0.717, 1.165) is 33.5 Å². The molecule has 12 heteroatoms. The third kappa shape index (κ3) is 5.85. The number of carbonyl (C=O) groups is 1. The van der Waals surface area contributed by atoms with Gasteiger partial charge < -0.3 is 4.57 Å². The van der Waals surface area contributed by atoms with Gasteiger partial charge in [0.15, 0.2) is 4.90 Å². The number of amides is 1. The van der Waals surface area contributed by atoms with E-state index >= 15 is 0 Å². The number of nitrogens with zero attached hydrogens (tertiary/aromatic N) is 4. The topological polar surface area (TPSA) is 127 Å². The van der Waals surface area contributed by atoms with E-state index in [-0.39, 0.29) is 11.5 Å². The third-order valence-electron chi connectivity index (χ3n) is 5.91. The largest absolute Gasteiger partial charge is 0.318 e. The van der Waals surface area contributed by atoms with E-state index in [2.05, 4.69) is 10.5 Å². The second-order valence-electron chi connectivity index (χ2n) is 8.50.